The number of aromatic nitrogens is 2. The van der Waals surface area contributed by atoms with Crippen molar-refractivity contribution < 1.29 is 4.42 Å². The van der Waals surface area contributed by atoms with E-state index in [0.29, 0.717) is 0 Å². The van der Waals surface area contributed by atoms with Crippen molar-refractivity contribution in [3.8, 4) is 0 Å². The third-order valence-corrected chi connectivity index (χ3v) is 2.82. The maximum Gasteiger partial charge on any atom is 0.125 e. The van der Waals surface area contributed by atoms with E-state index >= 15 is 0 Å². The second kappa shape index (κ2) is 4.49. The number of hydrogen-bond acceptors (Lipinski definition) is 4. The summed E-state index contributed by atoms with van der Waals surface area (Å²) in [6.07, 6.45) is 5.07. The summed E-state index contributed by atoms with van der Waals surface area (Å²) in [5, 5.41) is 3.37. The van der Waals surface area contributed by atoms with Crippen LogP contribution in [-0.2, 0) is 0 Å². The quantitative estimate of drug-likeness (QED) is 0.761. The van der Waals surface area contributed by atoms with E-state index in [-0.39, 0.29) is 6.04 Å². The van der Waals surface area contributed by atoms with Crippen molar-refractivity contribution >= 4 is 16.7 Å². The van der Waals surface area contributed by atoms with Gasteiger partial charge in [-0.05, 0) is 37.3 Å². The van der Waals surface area contributed by atoms with E-state index in [9.17, 15) is 0 Å². The molecular formula is C14H13N3O. The van der Waals surface area contributed by atoms with E-state index in [1.807, 2.05) is 30.3 Å². The molecule has 1 unspecified atom stereocenters. The van der Waals surface area contributed by atoms with Crippen molar-refractivity contribution in [1.29, 1.82) is 0 Å². The van der Waals surface area contributed by atoms with Gasteiger partial charge in [0, 0.05) is 18.1 Å². The predicted molar refractivity (Wildman–Crippen MR) is 70.3 cm³/mol. The molecule has 0 fully saturated rings. The van der Waals surface area contributed by atoms with Gasteiger partial charge in [0.15, 0.2) is 0 Å². The number of nitrogens with one attached hydrogen (secondary N) is 1. The Labute approximate surface area is 105 Å². The van der Waals surface area contributed by atoms with Gasteiger partial charge in [0.25, 0.3) is 0 Å². The lowest BCUT2D eigenvalue weighted by atomic mass is 10.2. The molecule has 0 radical (unpaired) electrons. The van der Waals surface area contributed by atoms with Crippen molar-refractivity contribution in [1.82, 2.24) is 9.97 Å². The lowest BCUT2D eigenvalue weighted by Crippen LogP contribution is -2.05. The third-order valence-electron chi connectivity index (χ3n) is 2.82. The normalized spacial score (nSPS) is 12.5. The molecule has 2 heterocycles. The van der Waals surface area contributed by atoms with Crippen LogP contribution in [0, 0.1) is 0 Å². The van der Waals surface area contributed by atoms with Crippen LogP contribution in [-0.4, -0.2) is 9.97 Å². The van der Waals surface area contributed by atoms with Crippen LogP contribution < -0.4 is 5.32 Å². The lowest BCUT2D eigenvalue weighted by molar-refractivity contribution is 0.490. The third kappa shape index (κ3) is 2.05. The number of rotatable bonds is 3. The molecule has 90 valence electrons. The van der Waals surface area contributed by atoms with E-state index < -0.39 is 0 Å². The van der Waals surface area contributed by atoms with Crippen LogP contribution in [0.5, 0.6) is 0 Å². The van der Waals surface area contributed by atoms with E-state index in [1.165, 1.54) is 0 Å². The van der Waals surface area contributed by atoms with Gasteiger partial charge >= 0.3 is 0 Å². The van der Waals surface area contributed by atoms with Gasteiger partial charge in [0.05, 0.1) is 23.3 Å². The van der Waals surface area contributed by atoms with Gasteiger partial charge < -0.3 is 9.73 Å². The topological polar surface area (TPSA) is 51.0 Å². The average molecular weight is 239 g/mol. The molecule has 0 aliphatic rings. The van der Waals surface area contributed by atoms with Crippen LogP contribution in [0.15, 0.2) is 53.4 Å². The van der Waals surface area contributed by atoms with Gasteiger partial charge in [-0.25, -0.2) is 0 Å². The Morgan fingerprint density at radius 1 is 1.11 bits per heavy atom. The summed E-state index contributed by atoms with van der Waals surface area (Å²) in [4.78, 5) is 8.53. The van der Waals surface area contributed by atoms with Crippen LogP contribution in [0.1, 0.15) is 18.7 Å². The smallest absolute Gasteiger partial charge is 0.125 e. The molecular weight excluding hydrogens is 226 g/mol. The first-order chi connectivity index (χ1) is 8.83. The highest BCUT2D eigenvalue weighted by Crippen LogP contribution is 2.21. The summed E-state index contributed by atoms with van der Waals surface area (Å²) >= 11 is 0. The minimum atomic E-state index is 0.120. The molecule has 1 atom stereocenters. The number of benzene rings is 1. The molecule has 0 bridgehead atoms. The fourth-order valence-corrected chi connectivity index (χ4v) is 1.91. The van der Waals surface area contributed by atoms with Crippen LogP contribution in [0.25, 0.3) is 11.0 Å². The number of anilines is 1. The molecule has 0 aliphatic heterocycles. The standard InChI is InChI=1S/C14H13N3O/c1-10(14-3-2-8-18-14)17-11-4-5-12-13(9-11)16-7-6-15-12/h2-10,17H,1H3. The summed E-state index contributed by atoms with van der Waals surface area (Å²) in [5.74, 6) is 0.911. The Hall–Kier alpha value is -2.36. The average Bonchev–Trinajstić information content (AvgIpc) is 2.92. The Bertz CT molecular complexity index is 649. The molecule has 4 nitrogen and oxygen atoms in total. The zero-order chi connectivity index (χ0) is 12.4. The Balaban J connectivity index is 1.86. The van der Waals surface area contributed by atoms with E-state index in [1.54, 1.807) is 18.7 Å². The van der Waals surface area contributed by atoms with E-state index in [2.05, 4.69) is 22.2 Å². The van der Waals surface area contributed by atoms with Crippen LogP contribution >= 0.6 is 0 Å². The van der Waals surface area contributed by atoms with Crippen molar-refractivity contribution in [3.05, 3.63) is 54.7 Å². The first kappa shape index (κ1) is 10.8. The fraction of sp³-hybridized carbons (Fsp3) is 0.143. The summed E-state index contributed by atoms with van der Waals surface area (Å²) in [6.45, 7) is 2.06. The monoisotopic (exact) mass is 239 g/mol. The van der Waals surface area contributed by atoms with Gasteiger partial charge in [-0.15, -0.1) is 0 Å². The fourth-order valence-electron chi connectivity index (χ4n) is 1.91. The second-order valence-electron chi connectivity index (χ2n) is 4.14. The molecule has 0 amide bonds. The molecule has 2 aromatic heterocycles. The first-order valence-electron chi connectivity index (χ1n) is 5.83. The Morgan fingerprint density at radius 2 is 1.94 bits per heavy atom. The van der Waals surface area contributed by atoms with E-state index in [0.717, 1.165) is 22.5 Å². The molecule has 3 aromatic rings. The zero-order valence-corrected chi connectivity index (χ0v) is 10.00. The number of nitrogens with zero attached hydrogens (tertiary/aromatic N) is 2. The molecule has 4 heteroatoms. The Morgan fingerprint density at radius 3 is 2.72 bits per heavy atom. The molecule has 0 spiro atoms. The molecule has 0 saturated carbocycles. The molecule has 3 rings (SSSR count). The van der Waals surface area contributed by atoms with Crippen molar-refractivity contribution in [2.24, 2.45) is 0 Å². The molecule has 0 aliphatic carbocycles. The zero-order valence-electron chi connectivity index (χ0n) is 10.00. The highest BCUT2D eigenvalue weighted by Gasteiger charge is 2.08. The highest BCUT2D eigenvalue weighted by atomic mass is 16.3. The molecule has 18 heavy (non-hydrogen) atoms. The largest absolute Gasteiger partial charge is 0.467 e. The van der Waals surface area contributed by atoms with Crippen molar-refractivity contribution in [2.75, 3.05) is 5.32 Å². The summed E-state index contributed by atoms with van der Waals surface area (Å²) in [6, 6.07) is 9.91. The van der Waals surface area contributed by atoms with Crippen LogP contribution in [0.4, 0.5) is 5.69 Å². The maximum absolute atomic E-state index is 5.36. The minimum absolute atomic E-state index is 0.120. The van der Waals surface area contributed by atoms with Gasteiger partial charge in [-0.2, -0.15) is 0 Å². The highest BCUT2D eigenvalue weighted by molar-refractivity contribution is 5.78. The summed E-state index contributed by atoms with van der Waals surface area (Å²) in [5.41, 5.74) is 2.79. The van der Waals surface area contributed by atoms with Crippen molar-refractivity contribution in [2.45, 2.75) is 13.0 Å². The molecule has 0 saturated heterocycles. The lowest BCUT2D eigenvalue weighted by Gasteiger charge is -2.13. The maximum atomic E-state index is 5.36. The number of fused-ring (bicyclic) bond motifs is 1. The molecule has 1 N–H and O–H groups in total. The van der Waals surface area contributed by atoms with Crippen molar-refractivity contribution in [3.63, 3.8) is 0 Å². The minimum Gasteiger partial charge on any atom is -0.467 e. The van der Waals surface area contributed by atoms with Crippen LogP contribution in [0.3, 0.4) is 0 Å². The molecule has 1 aromatic carbocycles. The van der Waals surface area contributed by atoms with Gasteiger partial charge in [-0.1, -0.05) is 0 Å². The van der Waals surface area contributed by atoms with Gasteiger partial charge in [0.1, 0.15) is 5.76 Å². The van der Waals surface area contributed by atoms with E-state index in [4.69, 9.17) is 4.42 Å². The number of hydrogen-bond donors (Lipinski definition) is 1. The van der Waals surface area contributed by atoms with Gasteiger partial charge in [-0.3, -0.25) is 9.97 Å². The number of furan rings is 1. The summed E-state index contributed by atoms with van der Waals surface area (Å²) < 4.78 is 5.36. The Kier molecular flexibility index (Phi) is 2.68. The SMILES string of the molecule is CC(Nc1ccc2nccnc2c1)c1ccco1. The van der Waals surface area contributed by atoms with Crippen LogP contribution in [0.2, 0.25) is 0 Å². The second-order valence-corrected chi connectivity index (χ2v) is 4.14. The predicted octanol–water partition coefficient (Wildman–Crippen LogP) is 3.40. The summed E-state index contributed by atoms with van der Waals surface area (Å²) in [7, 11) is 0. The van der Waals surface area contributed by atoms with Gasteiger partial charge in [0.2, 0.25) is 0 Å². The first-order valence-corrected chi connectivity index (χ1v) is 5.83.